The third-order valence-corrected chi connectivity index (χ3v) is 4.55. The lowest BCUT2D eigenvalue weighted by atomic mass is 10.1. The Balaban J connectivity index is 1.67. The van der Waals surface area contributed by atoms with E-state index in [2.05, 4.69) is 5.32 Å². The summed E-state index contributed by atoms with van der Waals surface area (Å²) in [7, 11) is 1.53. The summed E-state index contributed by atoms with van der Waals surface area (Å²) >= 11 is 5.79. The molecule has 0 spiro atoms. The molecule has 0 bridgehead atoms. The molecule has 0 unspecified atom stereocenters. The average Bonchev–Trinajstić information content (AvgIpc) is 2.76. The van der Waals surface area contributed by atoms with Crippen molar-refractivity contribution in [1.82, 2.24) is 5.32 Å². The lowest BCUT2D eigenvalue weighted by molar-refractivity contribution is -0.385. The molecule has 3 rings (SSSR count). The largest absolute Gasteiger partial charge is 0.493 e. The van der Waals surface area contributed by atoms with Gasteiger partial charge in [-0.2, -0.15) is 0 Å². The molecular formula is C22H19ClN2O5. The number of ether oxygens (including phenoxy) is 2. The third-order valence-electron chi connectivity index (χ3n) is 4.32. The number of nitrogens with one attached hydrogen (secondary N) is 1. The van der Waals surface area contributed by atoms with Crippen molar-refractivity contribution in [2.75, 3.05) is 7.11 Å². The zero-order chi connectivity index (χ0) is 21.5. The van der Waals surface area contributed by atoms with E-state index in [0.29, 0.717) is 18.1 Å². The minimum absolute atomic E-state index is 0.0563. The highest BCUT2D eigenvalue weighted by atomic mass is 35.5. The summed E-state index contributed by atoms with van der Waals surface area (Å²) in [5.41, 5.74) is 1.38. The number of carbonyl (C=O) groups excluding carboxylic acids is 1. The number of halogens is 1. The number of hydrogen-bond donors (Lipinski definition) is 1. The molecule has 3 aromatic carbocycles. The molecule has 154 valence electrons. The fourth-order valence-electron chi connectivity index (χ4n) is 2.80. The van der Waals surface area contributed by atoms with E-state index < -0.39 is 10.8 Å². The second-order valence-electron chi connectivity index (χ2n) is 6.36. The van der Waals surface area contributed by atoms with Crippen molar-refractivity contribution in [2.45, 2.75) is 13.2 Å². The van der Waals surface area contributed by atoms with Gasteiger partial charge in [0.25, 0.3) is 11.6 Å². The quantitative estimate of drug-likeness (QED) is 0.414. The molecule has 0 aliphatic carbocycles. The lowest BCUT2D eigenvalue weighted by Crippen LogP contribution is -2.23. The highest BCUT2D eigenvalue weighted by molar-refractivity contribution is 6.31. The van der Waals surface area contributed by atoms with E-state index in [4.69, 9.17) is 21.1 Å². The number of hydrogen-bond acceptors (Lipinski definition) is 5. The Morgan fingerprint density at radius 3 is 2.50 bits per heavy atom. The van der Waals surface area contributed by atoms with Crippen LogP contribution in [0, 0.1) is 10.1 Å². The van der Waals surface area contributed by atoms with Crippen LogP contribution in [0.2, 0.25) is 5.02 Å². The summed E-state index contributed by atoms with van der Waals surface area (Å²) < 4.78 is 11.2. The summed E-state index contributed by atoms with van der Waals surface area (Å²) in [6.45, 7) is 0.557. The van der Waals surface area contributed by atoms with Crippen LogP contribution >= 0.6 is 11.6 Å². The number of nitrogens with zero attached hydrogens (tertiary/aromatic N) is 1. The minimum atomic E-state index is -0.636. The maximum atomic E-state index is 12.4. The summed E-state index contributed by atoms with van der Waals surface area (Å²) in [6.07, 6.45) is 0. The minimum Gasteiger partial charge on any atom is -0.493 e. The van der Waals surface area contributed by atoms with Gasteiger partial charge >= 0.3 is 0 Å². The predicted octanol–water partition coefficient (Wildman–Crippen LogP) is 4.77. The second kappa shape index (κ2) is 9.76. The number of carbonyl (C=O) groups is 1. The van der Waals surface area contributed by atoms with Gasteiger partial charge in [-0.3, -0.25) is 14.9 Å². The maximum Gasteiger partial charge on any atom is 0.283 e. The first-order chi connectivity index (χ1) is 14.5. The van der Waals surface area contributed by atoms with Crippen LogP contribution in [0.15, 0.2) is 66.7 Å². The SMILES string of the molecule is COc1cc(CNC(=O)c2ccc(Cl)cc2[N+](=O)[O-])ccc1OCc1ccccc1. The topological polar surface area (TPSA) is 90.7 Å². The van der Waals surface area contributed by atoms with Crippen molar-refractivity contribution in [2.24, 2.45) is 0 Å². The monoisotopic (exact) mass is 426 g/mol. The number of amides is 1. The van der Waals surface area contributed by atoms with Crippen LogP contribution in [0.3, 0.4) is 0 Å². The van der Waals surface area contributed by atoms with Crippen LogP contribution in [-0.4, -0.2) is 17.9 Å². The van der Waals surface area contributed by atoms with E-state index in [1.807, 2.05) is 30.3 Å². The van der Waals surface area contributed by atoms with Crippen molar-refractivity contribution in [1.29, 1.82) is 0 Å². The van der Waals surface area contributed by atoms with Gasteiger partial charge in [0.2, 0.25) is 0 Å². The van der Waals surface area contributed by atoms with Crippen molar-refractivity contribution < 1.29 is 19.2 Å². The van der Waals surface area contributed by atoms with Crippen LogP contribution < -0.4 is 14.8 Å². The second-order valence-corrected chi connectivity index (χ2v) is 6.80. The molecule has 0 radical (unpaired) electrons. The summed E-state index contributed by atoms with van der Waals surface area (Å²) in [4.78, 5) is 23.0. The van der Waals surface area contributed by atoms with Gasteiger partial charge in [-0.1, -0.05) is 48.0 Å². The Morgan fingerprint density at radius 2 is 1.80 bits per heavy atom. The zero-order valence-electron chi connectivity index (χ0n) is 16.1. The molecule has 0 aromatic heterocycles. The Hall–Kier alpha value is -3.58. The first kappa shape index (κ1) is 21.1. The van der Waals surface area contributed by atoms with Crippen LogP contribution in [0.4, 0.5) is 5.69 Å². The van der Waals surface area contributed by atoms with E-state index in [9.17, 15) is 14.9 Å². The Kier molecular flexibility index (Phi) is 6.87. The van der Waals surface area contributed by atoms with Gasteiger partial charge in [0, 0.05) is 17.6 Å². The van der Waals surface area contributed by atoms with Crippen LogP contribution in [-0.2, 0) is 13.2 Å². The van der Waals surface area contributed by atoms with Crippen molar-refractivity contribution >= 4 is 23.2 Å². The lowest BCUT2D eigenvalue weighted by Gasteiger charge is -2.13. The number of nitro benzene ring substituents is 1. The van der Waals surface area contributed by atoms with E-state index in [-0.39, 0.29) is 22.8 Å². The summed E-state index contributed by atoms with van der Waals surface area (Å²) in [6, 6.07) is 19.0. The molecule has 8 heteroatoms. The molecule has 7 nitrogen and oxygen atoms in total. The van der Waals surface area contributed by atoms with Crippen molar-refractivity contribution in [3.63, 3.8) is 0 Å². The van der Waals surface area contributed by atoms with Crippen molar-refractivity contribution in [3.8, 4) is 11.5 Å². The molecule has 0 fully saturated rings. The molecule has 1 N–H and O–H groups in total. The molecule has 0 aliphatic heterocycles. The van der Waals surface area contributed by atoms with E-state index in [1.165, 1.54) is 19.2 Å². The first-order valence-corrected chi connectivity index (χ1v) is 9.41. The summed E-state index contributed by atoms with van der Waals surface area (Å²) in [5, 5.41) is 14.0. The molecule has 1 amide bonds. The molecule has 0 saturated heterocycles. The number of rotatable bonds is 8. The Bertz CT molecular complexity index is 1060. The maximum absolute atomic E-state index is 12.4. The standard InChI is InChI=1S/C22H19ClN2O5/c1-29-21-11-16(7-10-20(21)30-14-15-5-3-2-4-6-15)13-24-22(26)18-9-8-17(23)12-19(18)25(27)28/h2-12H,13-14H2,1H3,(H,24,26). The highest BCUT2D eigenvalue weighted by Crippen LogP contribution is 2.29. The zero-order valence-corrected chi connectivity index (χ0v) is 16.9. The fraction of sp³-hybridized carbons (Fsp3) is 0.136. The Morgan fingerprint density at radius 1 is 1.03 bits per heavy atom. The van der Waals surface area contributed by atoms with Gasteiger partial charge in [0.05, 0.1) is 12.0 Å². The molecular weight excluding hydrogens is 408 g/mol. The Labute approximate surface area is 178 Å². The van der Waals surface area contributed by atoms with E-state index in [0.717, 1.165) is 17.2 Å². The normalized spacial score (nSPS) is 10.3. The van der Waals surface area contributed by atoms with Gasteiger partial charge in [-0.25, -0.2) is 0 Å². The van der Waals surface area contributed by atoms with Gasteiger partial charge in [0.1, 0.15) is 12.2 Å². The summed E-state index contributed by atoms with van der Waals surface area (Å²) in [5.74, 6) is 0.529. The third kappa shape index (κ3) is 5.27. The van der Waals surface area contributed by atoms with E-state index in [1.54, 1.807) is 18.2 Å². The van der Waals surface area contributed by atoms with Gasteiger partial charge in [-0.15, -0.1) is 0 Å². The first-order valence-electron chi connectivity index (χ1n) is 9.03. The predicted molar refractivity (Wildman–Crippen MR) is 113 cm³/mol. The van der Waals surface area contributed by atoms with E-state index >= 15 is 0 Å². The highest BCUT2D eigenvalue weighted by Gasteiger charge is 2.20. The van der Waals surface area contributed by atoms with Crippen molar-refractivity contribution in [3.05, 3.63) is 98.6 Å². The number of nitro groups is 1. The van der Waals surface area contributed by atoms with Gasteiger partial charge < -0.3 is 14.8 Å². The van der Waals surface area contributed by atoms with Crippen LogP contribution in [0.25, 0.3) is 0 Å². The van der Waals surface area contributed by atoms with Crippen LogP contribution in [0.1, 0.15) is 21.5 Å². The molecule has 0 saturated carbocycles. The number of methoxy groups -OCH3 is 1. The molecule has 0 aliphatic rings. The molecule has 3 aromatic rings. The molecule has 30 heavy (non-hydrogen) atoms. The number of benzene rings is 3. The average molecular weight is 427 g/mol. The smallest absolute Gasteiger partial charge is 0.283 e. The van der Waals surface area contributed by atoms with Crippen LogP contribution in [0.5, 0.6) is 11.5 Å². The molecule has 0 heterocycles. The van der Waals surface area contributed by atoms with Gasteiger partial charge in [0.15, 0.2) is 11.5 Å². The fourth-order valence-corrected chi connectivity index (χ4v) is 2.97. The molecule has 0 atom stereocenters. The van der Waals surface area contributed by atoms with Gasteiger partial charge in [-0.05, 0) is 35.4 Å².